The fourth-order valence-electron chi connectivity index (χ4n) is 23.0. The minimum atomic E-state index is -0.561. The van der Waals surface area contributed by atoms with Gasteiger partial charge in [-0.15, -0.1) is 0 Å². The minimum absolute atomic E-state index is 0.0201. The summed E-state index contributed by atoms with van der Waals surface area (Å²) >= 11 is 0. The zero-order valence-corrected chi connectivity index (χ0v) is 76.4. The van der Waals surface area contributed by atoms with Gasteiger partial charge in [-0.25, -0.2) is 0 Å². The molecule has 610 valence electrons. The molecule has 0 saturated carbocycles. The van der Waals surface area contributed by atoms with Gasteiger partial charge in [-0.05, 0) is 262 Å². The van der Waals surface area contributed by atoms with Crippen LogP contribution in [0.5, 0.6) is 0 Å². The average molecular weight is 1600 g/mol. The molecule has 21 rings (SSSR count). The van der Waals surface area contributed by atoms with E-state index in [1.54, 1.807) is 0 Å². The number of benzene rings is 12. The molecule has 5 heteroatoms. The van der Waals surface area contributed by atoms with Gasteiger partial charge in [-0.3, -0.25) is 24.0 Å². The minimum Gasteiger partial charge on any atom is -0.289 e. The highest BCUT2D eigenvalue weighted by atomic mass is 16.1. The number of fused-ring (bicyclic) bond motifs is 36. The summed E-state index contributed by atoms with van der Waals surface area (Å²) in [5.74, 6) is -2.26. The SMILES string of the molecule is CC(C)(C)c1ccc2c(c1)-c1c(c3c(c4c1C(C1c5ccc(C(C)(C)C)cc5-c5c1c1c6cc(C(C)(C)C)ccc6c(=O)c1c1c5c(=O)c5ccc(C(C)(C)C)cc51)c1ccc(C(C)(C)C)cc1-4)C(C1c4ccc(C(C)(C)C)cc4-c4c1c1c5cc(C(C)(C)C)ccc5c(=O)c1c1c4c(=O)c4ccc(C(C)(C)C)cc41)c1ccc(C(C)(C)C)cc1-3)C2=O. The van der Waals surface area contributed by atoms with E-state index in [2.05, 4.69) is 339 Å². The van der Waals surface area contributed by atoms with Crippen LogP contribution in [-0.2, 0) is 48.7 Å². The summed E-state index contributed by atoms with van der Waals surface area (Å²) in [4.78, 5) is 84.9. The highest BCUT2D eigenvalue weighted by Crippen LogP contribution is 2.72. The van der Waals surface area contributed by atoms with Gasteiger partial charge in [-0.1, -0.05) is 320 Å². The first-order chi connectivity index (χ1) is 56.8. The molecule has 16 aromatic rings. The molecule has 5 nitrogen and oxygen atoms in total. The van der Waals surface area contributed by atoms with Crippen molar-refractivity contribution in [3.05, 3.63) is 310 Å². The molecule has 16 aromatic carbocycles. The van der Waals surface area contributed by atoms with Crippen LogP contribution in [0.25, 0.3) is 142 Å². The van der Waals surface area contributed by atoms with E-state index in [-0.39, 0.29) is 76.2 Å². The molecule has 0 N–H and O–H groups in total. The number of carbonyl (C=O) groups is 1. The van der Waals surface area contributed by atoms with Crippen LogP contribution in [0.4, 0.5) is 0 Å². The predicted octanol–water partition coefficient (Wildman–Crippen LogP) is 28.8. The van der Waals surface area contributed by atoms with Crippen LogP contribution in [-0.4, -0.2) is 5.78 Å². The first-order valence-electron chi connectivity index (χ1n) is 44.6. The summed E-state index contributed by atoms with van der Waals surface area (Å²) in [6, 6.07) is 61.2. The number of hydrogen-bond donors (Lipinski definition) is 0. The molecule has 0 amide bonds. The molecular formula is C117H112O5. The maximum absolute atomic E-state index is 17.7. The van der Waals surface area contributed by atoms with Gasteiger partial charge in [0.05, 0.1) is 0 Å². The van der Waals surface area contributed by atoms with Crippen molar-refractivity contribution in [1.82, 2.24) is 0 Å². The second kappa shape index (κ2) is 24.3. The second-order valence-corrected chi connectivity index (χ2v) is 46.7. The third kappa shape index (κ3) is 10.5. The molecule has 0 radical (unpaired) electrons. The highest BCUT2D eigenvalue weighted by Gasteiger charge is 2.55. The smallest absolute Gasteiger partial charge is 0.194 e. The Morgan fingerprint density at radius 1 is 0.172 bits per heavy atom. The lowest BCUT2D eigenvalue weighted by Gasteiger charge is -2.30. The molecule has 122 heavy (non-hydrogen) atoms. The third-order valence-corrected chi connectivity index (χ3v) is 29.8. The summed E-state index contributed by atoms with van der Waals surface area (Å²) < 4.78 is 0. The van der Waals surface area contributed by atoms with Gasteiger partial charge in [0.1, 0.15) is 0 Å². The molecule has 0 aliphatic heterocycles. The van der Waals surface area contributed by atoms with E-state index < -0.39 is 23.7 Å². The highest BCUT2D eigenvalue weighted by molar-refractivity contribution is 6.36. The summed E-state index contributed by atoms with van der Waals surface area (Å²) in [5, 5.41) is 11.5. The molecule has 5 aliphatic carbocycles. The first-order valence-corrected chi connectivity index (χ1v) is 44.6. The lowest BCUT2D eigenvalue weighted by Crippen LogP contribution is -2.15. The Balaban J connectivity index is 0.999. The quantitative estimate of drug-likeness (QED) is 0.172. The Bertz CT molecular complexity index is 7430. The van der Waals surface area contributed by atoms with E-state index in [1.165, 1.54) is 0 Å². The monoisotopic (exact) mass is 1600 g/mol. The van der Waals surface area contributed by atoms with E-state index in [9.17, 15) is 0 Å². The van der Waals surface area contributed by atoms with Crippen molar-refractivity contribution in [2.45, 2.75) is 259 Å². The second-order valence-electron chi connectivity index (χ2n) is 46.7. The van der Waals surface area contributed by atoms with Gasteiger partial charge in [0.15, 0.2) is 27.5 Å². The number of hydrogen-bond acceptors (Lipinski definition) is 5. The molecule has 5 aliphatic rings. The summed E-state index contributed by atoms with van der Waals surface area (Å²) in [7, 11) is 0. The van der Waals surface area contributed by atoms with Crippen molar-refractivity contribution in [2.24, 2.45) is 0 Å². The topological polar surface area (TPSA) is 85.3 Å². The molecular weight excluding hydrogens is 1490 g/mol. The van der Waals surface area contributed by atoms with Crippen molar-refractivity contribution >= 4 is 92.0 Å². The van der Waals surface area contributed by atoms with Gasteiger partial charge < -0.3 is 0 Å². The third-order valence-electron chi connectivity index (χ3n) is 29.8. The molecule has 0 spiro atoms. The zero-order chi connectivity index (χ0) is 86.8. The van der Waals surface area contributed by atoms with Crippen LogP contribution in [0.15, 0.2) is 183 Å². The summed E-state index contributed by atoms with van der Waals surface area (Å²) in [6.45, 7) is 61.1. The van der Waals surface area contributed by atoms with Crippen LogP contribution in [0.2, 0.25) is 0 Å². The van der Waals surface area contributed by atoms with E-state index >= 15 is 24.0 Å². The van der Waals surface area contributed by atoms with E-state index in [4.69, 9.17) is 0 Å². The van der Waals surface area contributed by atoms with Crippen LogP contribution >= 0.6 is 0 Å². The maximum atomic E-state index is 17.7. The molecule has 4 unspecified atom stereocenters. The fraction of sp³-hybridized carbons (Fsp3) is 0.342. The average Bonchev–Trinajstić information content (AvgIpc) is 1.48. The van der Waals surface area contributed by atoms with Crippen molar-refractivity contribution in [3.63, 3.8) is 0 Å². The lowest BCUT2D eigenvalue weighted by atomic mass is 9.71. The fourth-order valence-corrected chi connectivity index (χ4v) is 23.0. The maximum Gasteiger partial charge on any atom is 0.194 e. The standard InChI is InChI=1S/C117H112O5/c1-109(2,3)55-28-37-64-73(46-55)86-95-83(85-67-40-31-58(112(10,11)12)49-76(67)89-98(85)92-79-52-61(115(19,20)21)34-43-70(79)106(120)103(92)94-81-54-63(117(25,26)27)36-45-72(81)108(122)101(89)94)65-38-29-56(110(4,5)6)47-74(65)87(95)99-90(77-50-59(113(13,14)15)32-41-68(77)104(99)118)96(86)82(64)84-66-39-30-57(111(7,8)9)48-75(66)88-97(84)91-78-51-60(114(16,17)18)33-42-69(78)105(119)102(91)93-80-53-62(116(22,23)24)35-44-71(80)107(121)100(88)93/h28-54,82-85H,1-27H3. The molecule has 0 bridgehead atoms. The van der Waals surface area contributed by atoms with Crippen molar-refractivity contribution in [1.29, 1.82) is 0 Å². The molecule has 0 saturated heterocycles. The lowest BCUT2D eigenvalue weighted by molar-refractivity contribution is 0.104. The van der Waals surface area contributed by atoms with Crippen molar-refractivity contribution in [3.8, 4) is 55.6 Å². The summed E-state index contributed by atoms with van der Waals surface area (Å²) in [6.07, 6.45) is 0. The zero-order valence-electron chi connectivity index (χ0n) is 76.4. The number of rotatable bonds is 2. The van der Waals surface area contributed by atoms with Gasteiger partial charge in [-0.2, -0.15) is 0 Å². The van der Waals surface area contributed by atoms with Crippen LogP contribution in [0, 0.1) is 0 Å². The first kappa shape index (κ1) is 78.3. The van der Waals surface area contributed by atoms with Crippen LogP contribution < -0.4 is 21.7 Å². The van der Waals surface area contributed by atoms with Gasteiger partial charge in [0.2, 0.25) is 0 Å². The van der Waals surface area contributed by atoms with Gasteiger partial charge in [0.25, 0.3) is 0 Å². The largest absolute Gasteiger partial charge is 0.289 e. The Hall–Kier alpha value is -11.0. The Morgan fingerprint density at radius 3 is 0.689 bits per heavy atom. The number of ketones is 1. The predicted molar refractivity (Wildman–Crippen MR) is 515 cm³/mol. The Kier molecular flexibility index (Phi) is 15.6. The van der Waals surface area contributed by atoms with Crippen molar-refractivity contribution in [2.75, 3.05) is 0 Å². The van der Waals surface area contributed by atoms with Gasteiger partial charge >= 0.3 is 0 Å². The van der Waals surface area contributed by atoms with E-state index in [0.29, 0.717) is 54.2 Å². The normalized spacial score (nSPS) is 17.1. The molecule has 0 heterocycles. The molecule has 0 aromatic heterocycles. The van der Waals surface area contributed by atoms with E-state index in [0.717, 1.165) is 193 Å². The number of carbonyl (C=O) groups excluding carboxylic acids is 1. The molecule has 0 fully saturated rings. The Morgan fingerprint density at radius 2 is 0.393 bits per heavy atom. The van der Waals surface area contributed by atoms with Crippen LogP contribution in [0.1, 0.15) is 321 Å². The van der Waals surface area contributed by atoms with Gasteiger partial charge in [0, 0.05) is 88.7 Å². The summed E-state index contributed by atoms with van der Waals surface area (Å²) in [5.41, 5.74) is 26.5. The van der Waals surface area contributed by atoms with Crippen LogP contribution in [0.3, 0.4) is 0 Å². The van der Waals surface area contributed by atoms with Crippen molar-refractivity contribution < 1.29 is 4.79 Å². The van der Waals surface area contributed by atoms with E-state index in [1.807, 2.05) is 12.1 Å². The Labute approximate surface area is 717 Å². The molecule has 4 atom stereocenters.